The molecule has 1 aliphatic rings. The Hall–Kier alpha value is -1.16. The van der Waals surface area contributed by atoms with Crippen LogP contribution in [0.2, 0.25) is 0 Å². The molecule has 0 spiro atoms. The molecule has 0 saturated heterocycles. The van der Waals surface area contributed by atoms with Gasteiger partial charge in [0.25, 0.3) is 0 Å². The number of carbonyl (C=O) groups is 1. The Labute approximate surface area is 89.7 Å². The highest BCUT2D eigenvalue weighted by molar-refractivity contribution is 5.75. The van der Waals surface area contributed by atoms with Gasteiger partial charge in [0.15, 0.2) is 6.29 Å². The largest absolute Gasteiger partial charge is 0.312 e. The van der Waals surface area contributed by atoms with Gasteiger partial charge >= 0.3 is 0 Å². The van der Waals surface area contributed by atoms with Crippen molar-refractivity contribution in [2.45, 2.75) is 39.3 Å². The predicted molar refractivity (Wildman–Crippen MR) is 58.0 cm³/mol. The van der Waals surface area contributed by atoms with Crippen molar-refractivity contribution in [1.29, 1.82) is 0 Å². The molecular weight excluding hydrogens is 190 g/mol. The molecule has 0 aliphatic carbocycles. The summed E-state index contributed by atoms with van der Waals surface area (Å²) in [7, 11) is 0. The van der Waals surface area contributed by atoms with E-state index in [-0.39, 0.29) is 5.54 Å². The van der Waals surface area contributed by atoms with Gasteiger partial charge in [-0.25, -0.2) is 0 Å². The molecule has 2 rings (SSSR count). The van der Waals surface area contributed by atoms with E-state index >= 15 is 0 Å². The second-order valence-corrected chi connectivity index (χ2v) is 4.94. The van der Waals surface area contributed by atoms with Crippen LogP contribution in [0.3, 0.4) is 0 Å². The zero-order valence-electron chi connectivity index (χ0n) is 9.50. The van der Waals surface area contributed by atoms with E-state index in [0.717, 1.165) is 31.4 Å². The van der Waals surface area contributed by atoms with Crippen LogP contribution in [0.1, 0.15) is 42.5 Å². The van der Waals surface area contributed by atoms with Crippen molar-refractivity contribution in [3.8, 4) is 0 Å². The molecule has 0 saturated carbocycles. The highest BCUT2D eigenvalue weighted by atomic mass is 16.1. The maximum atomic E-state index is 10.9. The zero-order chi connectivity index (χ0) is 11.1. The van der Waals surface area contributed by atoms with Crippen LogP contribution in [0.25, 0.3) is 0 Å². The molecule has 1 aromatic heterocycles. The van der Waals surface area contributed by atoms with Crippen LogP contribution in [0.5, 0.6) is 0 Å². The van der Waals surface area contributed by atoms with E-state index in [2.05, 4.69) is 31.2 Å². The summed E-state index contributed by atoms with van der Waals surface area (Å²) in [6, 6.07) is 0. The van der Waals surface area contributed by atoms with E-state index in [0.29, 0.717) is 5.69 Å². The lowest BCUT2D eigenvalue weighted by Gasteiger charge is -2.24. The Balaban J connectivity index is 2.57. The first-order chi connectivity index (χ1) is 7.04. The Morgan fingerprint density at radius 2 is 2.20 bits per heavy atom. The van der Waals surface area contributed by atoms with Crippen molar-refractivity contribution in [3.63, 3.8) is 0 Å². The van der Waals surface area contributed by atoms with Crippen LogP contribution in [-0.2, 0) is 18.5 Å². The van der Waals surface area contributed by atoms with Gasteiger partial charge in [-0.3, -0.25) is 9.48 Å². The highest BCUT2D eigenvalue weighted by Gasteiger charge is 2.25. The quantitative estimate of drug-likeness (QED) is 0.701. The lowest BCUT2D eigenvalue weighted by molar-refractivity contribution is 0.111. The summed E-state index contributed by atoms with van der Waals surface area (Å²) in [4.78, 5) is 10.9. The topological polar surface area (TPSA) is 46.9 Å². The van der Waals surface area contributed by atoms with Crippen LogP contribution in [0.15, 0.2) is 0 Å². The minimum Gasteiger partial charge on any atom is -0.312 e. The highest BCUT2D eigenvalue weighted by Crippen LogP contribution is 2.23. The molecule has 1 N–H and O–H groups in total. The van der Waals surface area contributed by atoms with E-state index in [1.165, 1.54) is 5.69 Å². The van der Waals surface area contributed by atoms with Crippen molar-refractivity contribution in [1.82, 2.24) is 15.1 Å². The molecule has 0 unspecified atom stereocenters. The molecule has 0 aromatic carbocycles. The smallest absolute Gasteiger partial charge is 0.170 e. The molecule has 82 valence electrons. The van der Waals surface area contributed by atoms with Gasteiger partial charge in [-0.1, -0.05) is 0 Å². The molecule has 1 aliphatic heterocycles. The second-order valence-electron chi connectivity index (χ2n) is 4.94. The molecule has 4 nitrogen and oxygen atoms in total. The maximum Gasteiger partial charge on any atom is 0.170 e. The van der Waals surface area contributed by atoms with Crippen molar-refractivity contribution in [2.24, 2.45) is 0 Å². The third-order valence-corrected chi connectivity index (χ3v) is 2.71. The first kappa shape index (κ1) is 10.4. The number of carbonyl (C=O) groups excluding carboxylic acids is 1. The fraction of sp³-hybridized carbons (Fsp3) is 0.636. The second kappa shape index (κ2) is 3.45. The van der Waals surface area contributed by atoms with Gasteiger partial charge in [-0.05, 0) is 20.8 Å². The maximum absolute atomic E-state index is 10.9. The molecule has 4 heteroatoms. The monoisotopic (exact) mass is 207 g/mol. The van der Waals surface area contributed by atoms with Crippen LogP contribution >= 0.6 is 0 Å². The Kier molecular flexibility index (Phi) is 2.38. The molecule has 15 heavy (non-hydrogen) atoms. The van der Waals surface area contributed by atoms with E-state index < -0.39 is 0 Å². The summed E-state index contributed by atoms with van der Waals surface area (Å²) in [6.07, 6.45) is 1.81. The summed E-state index contributed by atoms with van der Waals surface area (Å²) in [5, 5.41) is 7.66. The van der Waals surface area contributed by atoms with E-state index in [4.69, 9.17) is 0 Å². The Bertz CT molecular complexity index is 387. The fourth-order valence-electron chi connectivity index (χ4n) is 2.02. The molecule has 0 bridgehead atoms. The molecule has 0 amide bonds. The Morgan fingerprint density at radius 3 is 2.80 bits per heavy atom. The third kappa shape index (κ3) is 1.69. The third-order valence-electron chi connectivity index (χ3n) is 2.71. The number of nitrogens with zero attached hydrogens (tertiary/aromatic N) is 2. The van der Waals surface area contributed by atoms with E-state index in [9.17, 15) is 4.79 Å². The number of aromatic nitrogens is 2. The van der Waals surface area contributed by atoms with Crippen LogP contribution in [-0.4, -0.2) is 22.6 Å². The van der Waals surface area contributed by atoms with Gasteiger partial charge in [0.2, 0.25) is 0 Å². The normalized spacial score (nSPS) is 16.2. The number of nitrogens with one attached hydrogen (secondary N) is 1. The predicted octanol–water partition coefficient (Wildman–Crippen LogP) is 1.10. The minimum atomic E-state index is -0.0529. The average Bonchev–Trinajstić information content (AvgIpc) is 2.55. The first-order valence-corrected chi connectivity index (χ1v) is 5.31. The summed E-state index contributed by atoms with van der Waals surface area (Å²) < 4.78 is 1.99. The standard InChI is InChI=1S/C11H17N3O/c1-11(2,3)14-10-4-5-12-6-8(10)9(7-15)13-14/h7,12H,4-6H2,1-3H3. The molecular formula is C11H17N3O. The van der Waals surface area contributed by atoms with E-state index in [1.54, 1.807) is 0 Å². The SMILES string of the molecule is CC(C)(C)n1nc(C=O)c2c1CCNC2. The van der Waals surface area contributed by atoms with Gasteiger partial charge in [0, 0.05) is 30.8 Å². The molecule has 0 fully saturated rings. The van der Waals surface area contributed by atoms with Gasteiger partial charge in [0.05, 0.1) is 5.54 Å². The number of hydrogen-bond acceptors (Lipinski definition) is 3. The lowest BCUT2D eigenvalue weighted by atomic mass is 10.0. The molecule has 2 heterocycles. The molecule has 1 aromatic rings. The Morgan fingerprint density at radius 1 is 1.47 bits per heavy atom. The minimum absolute atomic E-state index is 0.0529. The summed E-state index contributed by atoms with van der Waals surface area (Å²) in [5.74, 6) is 0. The number of rotatable bonds is 1. The molecule has 0 radical (unpaired) electrons. The van der Waals surface area contributed by atoms with Gasteiger partial charge < -0.3 is 5.32 Å². The van der Waals surface area contributed by atoms with Crippen molar-refractivity contribution < 1.29 is 4.79 Å². The summed E-state index contributed by atoms with van der Waals surface area (Å²) >= 11 is 0. The van der Waals surface area contributed by atoms with Crippen LogP contribution in [0.4, 0.5) is 0 Å². The lowest BCUT2D eigenvalue weighted by Crippen LogP contribution is -2.30. The summed E-state index contributed by atoms with van der Waals surface area (Å²) in [5.41, 5.74) is 2.82. The summed E-state index contributed by atoms with van der Waals surface area (Å²) in [6.45, 7) is 8.05. The average molecular weight is 207 g/mol. The van der Waals surface area contributed by atoms with Crippen molar-refractivity contribution >= 4 is 6.29 Å². The first-order valence-electron chi connectivity index (χ1n) is 5.31. The zero-order valence-corrected chi connectivity index (χ0v) is 9.50. The number of aldehydes is 1. The van der Waals surface area contributed by atoms with Gasteiger partial charge in [-0.2, -0.15) is 5.10 Å². The van der Waals surface area contributed by atoms with Crippen molar-refractivity contribution in [2.75, 3.05) is 6.54 Å². The van der Waals surface area contributed by atoms with Gasteiger partial charge in [-0.15, -0.1) is 0 Å². The number of hydrogen-bond donors (Lipinski definition) is 1. The molecule has 0 atom stereocenters. The van der Waals surface area contributed by atoms with E-state index in [1.807, 2.05) is 4.68 Å². The van der Waals surface area contributed by atoms with Gasteiger partial charge in [0.1, 0.15) is 5.69 Å². The van der Waals surface area contributed by atoms with Crippen LogP contribution < -0.4 is 5.32 Å². The van der Waals surface area contributed by atoms with Crippen molar-refractivity contribution in [3.05, 3.63) is 17.0 Å². The number of fused-ring (bicyclic) bond motifs is 1. The van der Waals surface area contributed by atoms with Crippen LogP contribution in [0, 0.1) is 0 Å². The fourth-order valence-corrected chi connectivity index (χ4v) is 2.02.